The van der Waals surface area contributed by atoms with Crippen LogP contribution in [0.5, 0.6) is 23.0 Å². The van der Waals surface area contributed by atoms with Crippen LogP contribution < -0.4 is 29.2 Å². The Morgan fingerprint density at radius 3 is 2.56 bits per heavy atom. The molecule has 5 rings (SSSR count). The molecule has 0 atom stereocenters. The number of amides is 2. The van der Waals surface area contributed by atoms with E-state index in [4.69, 9.17) is 18.9 Å². The Kier molecular flexibility index (Phi) is 4.95. The van der Waals surface area contributed by atoms with Gasteiger partial charge in [0.05, 0.1) is 25.5 Å². The first-order valence-corrected chi connectivity index (χ1v) is 10.5. The number of carbonyl (C=O) groups excluding carboxylic acids is 2. The normalized spacial score (nSPS) is 14.9. The molecule has 0 aliphatic carbocycles. The van der Waals surface area contributed by atoms with E-state index >= 15 is 0 Å². The molecule has 1 N–H and O–H groups in total. The molecule has 0 spiro atoms. The first-order chi connectivity index (χ1) is 15.6. The second kappa shape index (κ2) is 7.93. The predicted octanol–water partition coefficient (Wildman–Crippen LogP) is 3.89. The summed E-state index contributed by atoms with van der Waals surface area (Å²) < 4.78 is 21.5. The van der Waals surface area contributed by atoms with Crippen molar-refractivity contribution < 1.29 is 28.5 Å². The summed E-state index contributed by atoms with van der Waals surface area (Å²) in [5, 5.41) is 4.98. The molecule has 162 valence electrons. The number of hydrogen-bond donors (Lipinski definition) is 1. The number of nitrogens with zero attached hydrogens (tertiary/aromatic N) is 1. The van der Waals surface area contributed by atoms with Crippen LogP contribution in [0.1, 0.15) is 4.88 Å². The summed E-state index contributed by atoms with van der Waals surface area (Å²) in [5.74, 6) is 1.12. The van der Waals surface area contributed by atoms with Crippen molar-refractivity contribution in [2.24, 2.45) is 0 Å². The molecule has 9 heteroatoms. The average Bonchev–Trinajstić information content (AvgIpc) is 3.54. The maximum Gasteiger partial charge on any atom is 0.282 e. The first kappa shape index (κ1) is 20.0. The maximum absolute atomic E-state index is 13.6. The molecule has 3 aromatic rings. The number of methoxy groups -OCH3 is 2. The lowest BCUT2D eigenvalue weighted by Gasteiger charge is -2.19. The number of rotatable bonds is 6. The molecule has 32 heavy (non-hydrogen) atoms. The molecule has 0 radical (unpaired) electrons. The van der Waals surface area contributed by atoms with Crippen LogP contribution in [-0.2, 0) is 9.59 Å². The van der Waals surface area contributed by atoms with E-state index in [0.717, 1.165) is 4.90 Å². The van der Waals surface area contributed by atoms with Crippen molar-refractivity contribution in [2.45, 2.75) is 0 Å². The predicted molar refractivity (Wildman–Crippen MR) is 119 cm³/mol. The van der Waals surface area contributed by atoms with Gasteiger partial charge in [0, 0.05) is 22.7 Å². The lowest BCUT2D eigenvalue weighted by atomic mass is 10.1. The van der Waals surface area contributed by atoms with Gasteiger partial charge in [-0.25, -0.2) is 4.90 Å². The molecule has 0 saturated heterocycles. The van der Waals surface area contributed by atoms with Crippen molar-refractivity contribution >= 4 is 40.1 Å². The molecule has 2 amide bonds. The van der Waals surface area contributed by atoms with Crippen LogP contribution in [-0.4, -0.2) is 32.8 Å². The molecule has 0 fully saturated rings. The number of fused-ring (bicyclic) bond motifs is 1. The number of imide groups is 1. The number of hydrogen-bond acceptors (Lipinski definition) is 8. The van der Waals surface area contributed by atoms with Gasteiger partial charge in [0.25, 0.3) is 11.8 Å². The first-order valence-electron chi connectivity index (χ1n) is 9.66. The molecule has 2 aromatic carbocycles. The highest BCUT2D eigenvalue weighted by Gasteiger charge is 2.42. The van der Waals surface area contributed by atoms with Gasteiger partial charge in [0.2, 0.25) is 6.79 Å². The Bertz CT molecular complexity index is 1250. The molecule has 2 aliphatic heterocycles. The minimum Gasteiger partial charge on any atom is -0.497 e. The molecule has 0 saturated carbocycles. The fourth-order valence-corrected chi connectivity index (χ4v) is 4.37. The van der Waals surface area contributed by atoms with Crippen molar-refractivity contribution in [1.82, 2.24) is 0 Å². The number of nitrogens with one attached hydrogen (secondary N) is 1. The molecule has 1 aromatic heterocycles. The van der Waals surface area contributed by atoms with Gasteiger partial charge in [-0.15, -0.1) is 11.3 Å². The topological polar surface area (TPSA) is 86.3 Å². The van der Waals surface area contributed by atoms with E-state index in [-0.39, 0.29) is 18.1 Å². The third kappa shape index (κ3) is 3.23. The van der Waals surface area contributed by atoms with E-state index in [1.807, 2.05) is 11.4 Å². The molecular formula is C23H18N2O6S. The van der Waals surface area contributed by atoms with Gasteiger partial charge >= 0.3 is 0 Å². The van der Waals surface area contributed by atoms with Gasteiger partial charge in [0.15, 0.2) is 11.5 Å². The highest BCUT2D eigenvalue weighted by atomic mass is 32.1. The Morgan fingerprint density at radius 2 is 1.81 bits per heavy atom. The summed E-state index contributed by atoms with van der Waals surface area (Å²) in [6.07, 6.45) is 0. The highest BCUT2D eigenvalue weighted by Crippen LogP contribution is 2.41. The van der Waals surface area contributed by atoms with Crippen LogP contribution >= 0.6 is 11.3 Å². The van der Waals surface area contributed by atoms with Gasteiger partial charge < -0.3 is 24.3 Å². The molecule has 3 heterocycles. The fourth-order valence-electron chi connectivity index (χ4n) is 3.60. The van der Waals surface area contributed by atoms with E-state index in [2.05, 4.69) is 5.32 Å². The fraction of sp³-hybridized carbons (Fsp3) is 0.130. The van der Waals surface area contributed by atoms with E-state index < -0.39 is 11.8 Å². The quantitative estimate of drug-likeness (QED) is 0.570. The van der Waals surface area contributed by atoms with E-state index in [0.29, 0.717) is 39.2 Å². The van der Waals surface area contributed by atoms with Crippen LogP contribution in [0.25, 0.3) is 5.57 Å². The Labute approximate surface area is 187 Å². The van der Waals surface area contributed by atoms with Crippen LogP contribution in [0.3, 0.4) is 0 Å². The third-order valence-corrected chi connectivity index (χ3v) is 6.01. The number of benzene rings is 2. The third-order valence-electron chi connectivity index (χ3n) is 5.12. The van der Waals surface area contributed by atoms with Crippen LogP contribution in [0.2, 0.25) is 0 Å². The molecule has 0 unspecified atom stereocenters. The lowest BCUT2D eigenvalue weighted by molar-refractivity contribution is -0.120. The van der Waals surface area contributed by atoms with Crippen LogP contribution in [0.4, 0.5) is 11.4 Å². The summed E-state index contributed by atoms with van der Waals surface area (Å²) in [5.41, 5.74) is 1.35. The summed E-state index contributed by atoms with van der Waals surface area (Å²) in [6, 6.07) is 13.8. The largest absolute Gasteiger partial charge is 0.497 e. The van der Waals surface area contributed by atoms with Crippen LogP contribution in [0.15, 0.2) is 59.6 Å². The zero-order valence-electron chi connectivity index (χ0n) is 17.2. The maximum atomic E-state index is 13.6. The summed E-state index contributed by atoms with van der Waals surface area (Å²) in [6.45, 7) is 0.142. The highest BCUT2D eigenvalue weighted by molar-refractivity contribution is 7.11. The Hall–Kier alpha value is -3.98. The number of anilines is 2. The zero-order chi connectivity index (χ0) is 22.2. The standard InChI is InChI=1S/C23H18N2O6S/c1-28-14-6-8-16(29-2)15(11-14)25-22(26)20(19-4-3-9-32-19)21(23(25)27)24-13-5-7-17-18(10-13)31-12-30-17/h3-11,24H,12H2,1-2H3. The van der Waals surface area contributed by atoms with Crippen molar-refractivity contribution in [3.05, 3.63) is 64.5 Å². The van der Waals surface area contributed by atoms with Gasteiger partial charge in [-0.1, -0.05) is 6.07 Å². The van der Waals surface area contributed by atoms with E-state index in [9.17, 15) is 9.59 Å². The second-order valence-corrected chi connectivity index (χ2v) is 7.85. The van der Waals surface area contributed by atoms with Crippen molar-refractivity contribution in [1.29, 1.82) is 0 Å². The van der Waals surface area contributed by atoms with Crippen molar-refractivity contribution in [2.75, 3.05) is 31.2 Å². The average molecular weight is 450 g/mol. The minimum atomic E-state index is -0.498. The minimum absolute atomic E-state index is 0.142. The molecule has 8 nitrogen and oxygen atoms in total. The van der Waals surface area contributed by atoms with E-state index in [1.165, 1.54) is 25.6 Å². The smallest absolute Gasteiger partial charge is 0.282 e. The Morgan fingerprint density at radius 1 is 0.969 bits per heavy atom. The molecule has 0 bridgehead atoms. The molecular weight excluding hydrogens is 432 g/mol. The monoisotopic (exact) mass is 450 g/mol. The zero-order valence-corrected chi connectivity index (χ0v) is 18.0. The number of thiophene rings is 1. The number of carbonyl (C=O) groups is 2. The SMILES string of the molecule is COc1ccc(OC)c(N2C(=O)C(Nc3ccc4c(c3)OCO4)=C(c3cccs3)C2=O)c1. The summed E-state index contributed by atoms with van der Waals surface area (Å²) in [4.78, 5) is 28.9. The van der Waals surface area contributed by atoms with E-state index in [1.54, 1.807) is 42.5 Å². The Balaban J connectivity index is 1.59. The van der Waals surface area contributed by atoms with Gasteiger partial charge in [-0.2, -0.15) is 0 Å². The van der Waals surface area contributed by atoms with Gasteiger partial charge in [0.1, 0.15) is 17.2 Å². The van der Waals surface area contributed by atoms with Crippen molar-refractivity contribution in [3.63, 3.8) is 0 Å². The van der Waals surface area contributed by atoms with Crippen LogP contribution in [0, 0.1) is 0 Å². The van der Waals surface area contributed by atoms with Gasteiger partial charge in [-0.3, -0.25) is 9.59 Å². The molecule has 2 aliphatic rings. The second-order valence-electron chi connectivity index (χ2n) is 6.90. The lowest BCUT2D eigenvalue weighted by Crippen LogP contribution is -2.32. The number of ether oxygens (including phenoxy) is 4. The van der Waals surface area contributed by atoms with Crippen molar-refractivity contribution in [3.8, 4) is 23.0 Å². The summed E-state index contributed by atoms with van der Waals surface area (Å²) >= 11 is 1.38. The summed E-state index contributed by atoms with van der Waals surface area (Å²) in [7, 11) is 3.00. The van der Waals surface area contributed by atoms with Gasteiger partial charge in [-0.05, 0) is 35.7 Å².